The fourth-order valence-electron chi connectivity index (χ4n) is 1.85. The third kappa shape index (κ3) is 4.11. The normalized spacial score (nSPS) is 12.6. The smallest absolute Gasteiger partial charge is 0.243 e. The minimum Gasteiger partial charge on any atom is -0.385 e. The Labute approximate surface area is 116 Å². The van der Waals surface area contributed by atoms with Crippen molar-refractivity contribution in [2.75, 3.05) is 13.7 Å². The number of hydrogen-bond donors (Lipinski definition) is 1. The number of aromatic nitrogens is 2. The lowest BCUT2D eigenvalue weighted by molar-refractivity contribution is 0.188. The highest BCUT2D eigenvalue weighted by Gasteiger charge is 2.14. The largest absolute Gasteiger partial charge is 0.385 e. The van der Waals surface area contributed by atoms with Crippen LogP contribution in [0.25, 0.3) is 0 Å². The first kappa shape index (κ1) is 14.6. The van der Waals surface area contributed by atoms with E-state index in [0.29, 0.717) is 24.7 Å². The van der Waals surface area contributed by atoms with E-state index in [9.17, 15) is 4.39 Å². The van der Waals surface area contributed by atoms with Gasteiger partial charge in [0.15, 0.2) is 5.82 Å². The van der Waals surface area contributed by atoms with Crippen molar-refractivity contribution in [3.8, 4) is 0 Å². The summed E-state index contributed by atoms with van der Waals surface area (Å²) in [6, 6.07) is 5.94. The standard InChI is InChI=1S/C14H18FN3O2/c1-19-8-2-3-12(16)14-17-13(18-20-14)9-10-4-6-11(15)7-5-10/h4-7,12H,2-3,8-9,16H2,1H3. The van der Waals surface area contributed by atoms with Gasteiger partial charge in [-0.2, -0.15) is 4.98 Å². The van der Waals surface area contributed by atoms with Gasteiger partial charge in [-0.1, -0.05) is 17.3 Å². The minimum absolute atomic E-state index is 0.261. The maximum Gasteiger partial charge on any atom is 0.243 e. The second kappa shape index (κ2) is 7.12. The van der Waals surface area contributed by atoms with Crippen LogP contribution in [0.15, 0.2) is 28.8 Å². The van der Waals surface area contributed by atoms with Crippen LogP contribution in [0.4, 0.5) is 4.39 Å². The molecule has 0 aliphatic rings. The van der Waals surface area contributed by atoms with Gasteiger partial charge in [0, 0.05) is 20.1 Å². The Kier molecular flexibility index (Phi) is 5.20. The van der Waals surface area contributed by atoms with Crippen molar-refractivity contribution in [1.29, 1.82) is 0 Å². The lowest BCUT2D eigenvalue weighted by Gasteiger charge is -2.04. The van der Waals surface area contributed by atoms with E-state index < -0.39 is 0 Å². The number of nitrogens with zero attached hydrogens (tertiary/aromatic N) is 2. The summed E-state index contributed by atoms with van der Waals surface area (Å²) in [5.41, 5.74) is 6.88. The Bertz CT molecular complexity index is 527. The molecule has 0 aliphatic carbocycles. The van der Waals surface area contributed by atoms with Crippen molar-refractivity contribution in [2.45, 2.75) is 25.3 Å². The Morgan fingerprint density at radius 1 is 1.35 bits per heavy atom. The second-order valence-corrected chi connectivity index (χ2v) is 4.59. The van der Waals surface area contributed by atoms with Crippen LogP contribution in [0.5, 0.6) is 0 Å². The van der Waals surface area contributed by atoms with Gasteiger partial charge >= 0.3 is 0 Å². The first-order valence-corrected chi connectivity index (χ1v) is 6.50. The Morgan fingerprint density at radius 3 is 2.80 bits per heavy atom. The zero-order chi connectivity index (χ0) is 14.4. The summed E-state index contributed by atoms with van der Waals surface area (Å²) in [5.74, 6) is 0.717. The van der Waals surface area contributed by atoms with Crippen molar-refractivity contribution >= 4 is 0 Å². The van der Waals surface area contributed by atoms with E-state index in [0.717, 1.165) is 18.4 Å². The Balaban J connectivity index is 1.93. The van der Waals surface area contributed by atoms with Crippen LogP contribution in [0, 0.1) is 5.82 Å². The molecule has 2 aromatic rings. The highest BCUT2D eigenvalue weighted by Crippen LogP contribution is 2.15. The van der Waals surface area contributed by atoms with E-state index in [1.165, 1.54) is 12.1 Å². The highest BCUT2D eigenvalue weighted by molar-refractivity contribution is 5.19. The molecule has 0 saturated heterocycles. The summed E-state index contributed by atoms with van der Waals surface area (Å²) >= 11 is 0. The van der Waals surface area contributed by atoms with Gasteiger partial charge in [-0.15, -0.1) is 0 Å². The molecule has 20 heavy (non-hydrogen) atoms. The summed E-state index contributed by atoms with van der Waals surface area (Å²) < 4.78 is 22.9. The summed E-state index contributed by atoms with van der Waals surface area (Å²) in [5, 5.41) is 3.89. The van der Waals surface area contributed by atoms with E-state index >= 15 is 0 Å². The van der Waals surface area contributed by atoms with Crippen LogP contribution in [0.1, 0.15) is 36.2 Å². The molecule has 2 rings (SSSR count). The Hall–Kier alpha value is -1.79. The van der Waals surface area contributed by atoms with Gasteiger partial charge in [0.25, 0.3) is 0 Å². The fraction of sp³-hybridized carbons (Fsp3) is 0.429. The van der Waals surface area contributed by atoms with E-state index in [2.05, 4.69) is 10.1 Å². The molecule has 1 unspecified atom stereocenters. The maximum atomic E-state index is 12.8. The molecule has 0 spiro atoms. The van der Waals surface area contributed by atoms with Crippen LogP contribution in [-0.2, 0) is 11.2 Å². The second-order valence-electron chi connectivity index (χ2n) is 4.59. The molecule has 1 atom stereocenters. The van der Waals surface area contributed by atoms with Crippen LogP contribution in [0.2, 0.25) is 0 Å². The van der Waals surface area contributed by atoms with Crippen LogP contribution < -0.4 is 5.73 Å². The van der Waals surface area contributed by atoms with Crippen LogP contribution >= 0.6 is 0 Å². The van der Waals surface area contributed by atoms with Crippen molar-refractivity contribution in [3.05, 3.63) is 47.4 Å². The monoisotopic (exact) mass is 279 g/mol. The predicted molar refractivity (Wildman–Crippen MR) is 71.5 cm³/mol. The van der Waals surface area contributed by atoms with Gasteiger partial charge in [0.05, 0.1) is 6.04 Å². The van der Waals surface area contributed by atoms with Crippen molar-refractivity contribution < 1.29 is 13.7 Å². The molecule has 1 heterocycles. The number of ether oxygens (including phenoxy) is 1. The van der Waals surface area contributed by atoms with Crippen molar-refractivity contribution in [1.82, 2.24) is 10.1 Å². The topological polar surface area (TPSA) is 74.2 Å². The number of benzene rings is 1. The molecule has 5 nitrogen and oxygen atoms in total. The summed E-state index contributed by atoms with van der Waals surface area (Å²) in [4.78, 5) is 4.27. The molecule has 0 saturated carbocycles. The summed E-state index contributed by atoms with van der Waals surface area (Å²) in [6.45, 7) is 0.657. The number of nitrogens with two attached hydrogens (primary N) is 1. The predicted octanol–water partition coefficient (Wildman–Crippen LogP) is 2.23. The number of methoxy groups -OCH3 is 1. The lowest BCUT2D eigenvalue weighted by atomic mass is 10.1. The average molecular weight is 279 g/mol. The third-order valence-corrected chi connectivity index (χ3v) is 2.94. The molecule has 0 bridgehead atoms. The van der Waals surface area contributed by atoms with E-state index in [-0.39, 0.29) is 11.9 Å². The Morgan fingerprint density at radius 2 is 2.10 bits per heavy atom. The number of rotatable bonds is 7. The highest BCUT2D eigenvalue weighted by atomic mass is 19.1. The lowest BCUT2D eigenvalue weighted by Crippen LogP contribution is -2.11. The molecule has 108 valence electrons. The van der Waals surface area contributed by atoms with Gasteiger partial charge < -0.3 is 15.0 Å². The van der Waals surface area contributed by atoms with E-state index in [1.807, 2.05) is 0 Å². The molecule has 0 fully saturated rings. The molecule has 0 amide bonds. The molecular weight excluding hydrogens is 261 g/mol. The van der Waals surface area contributed by atoms with Gasteiger partial charge in [0.1, 0.15) is 5.82 Å². The third-order valence-electron chi connectivity index (χ3n) is 2.94. The van der Waals surface area contributed by atoms with Crippen molar-refractivity contribution in [2.24, 2.45) is 5.73 Å². The van der Waals surface area contributed by atoms with Gasteiger partial charge in [0.2, 0.25) is 5.89 Å². The first-order valence-electron chi connectivity index (χ1n) is 6.50. The SMILES string of the molecule is COCCCC(N)c1nc(Cc2ccc(F)cc2)no1. The summed E-state index contributed by atoms with van der Waals surface area (Å²) in [6.07, 6.45) is 2.06. The van der Waals surface area contributed by atoms with Gasteiger partial charge in [-0.25, -0.2) is 4.39 Å². The maximum absolute atomic E-state index is 12.8. The van der Waals surface area contributed by atoms with Crippen LogP contribution in [0.3, 0.4) is 0 Å². The molecule has 6 heteroatoms. The molecule has 1 aromatic heterocycles. The first-order chi connectivity index (χ1) is 9.69. The van der Waals surface area contributed by atoms with E-state index in [4.69, 9.17) is 15.0 Å². The quantitative estimate of drug-likeness (QED) is 0.787. The molecule has 1 aromatic carbocycles. The van der Waals surface area contributed by atoms with Gasteiger partial charge in [-0.3, -0.25) is 0 Å². The summed E-state index contributed by atoms with van der Waals surface area (Å²) in [7, 11) is 1.65. The average Bonchev–Trinajstić information content (AvgIpc) is 2.90. The number of hydrogen-bond acceptors (Lipinski definition) is 5. The number of halogens is 1. The van der Waals surface area contributed by atoms with Crippen LogP contribution in [-0.4, -0.2) is 23.9 Å². The molecular formula is C14H18FN3O2. The zero-order valence-electron chi connectivity index (χ0n) is 11.4. The molecule has 2 N–H and O–H groups in total. The zero-order valence-corrected chi connectivity index (χ0v) is 11.4. The van der Waals surface area contributed by atoms with Gasteiger partial charge in [-0.05, 0) is 30.5 Å². The van der Waals surface area contributed by atoms with E-state index in [1.54, 1.807) is 19.2 Å². The minimum atomic E-state index is -0.278. The van der Waals surface area contributed by atoms with Crippen molar-refractivity contribution in [3.63, 3.8) is 0 Å². The molecule has 0 radical (unpaired) electrons. The molecule has 0 aliphatic heterocycles. The fourth-order valence-corrected chi connectivity index (χ4v) is 1.85.